The number of nitrogens with zero attached hydrogens (tertiary/aromatic N) is 2. The summed E-state index contributed by atoms with van der Waals surface area (Å²) in [5.41, 5.74) is 5.99. The number of rotatable bonds is 4. The number of aromatic nitrogens is 2. The zero-order valence-electron chi connectivity index (χ0n) is 8.98. The molecule has 2 rings (SSSR count). The van der Waals surface area contributed by atoms with Gasteiger partial charge in [-0.2, -0.15) is 16.7 Å². The van der Waals surface area contributed by atoms with E-state index in [1.54, 1.807) is 11.8 Å². The maximum atomic E-state index is 5.99. The van der Waals surface area contributed by atoms with E-state index >= 15 is 0 Å². The molecule has 2 unspecified atom stereocenters. The fraction of sp³-hybridized carbons (Fsp3) is 0.800. The van der Waals surface area contributed by atoms with Crippen LogP contribution in [0.25, 0.3) is 0 Å². The summed E-state index contributed by atoms with van der Waals surface area (Å²) in [5, 5.41) is 3.97. The van der Waals surface area contributed by atoms with Gasteiger partial charge in [-0.05, 0) is 18.6 Å². The molecule has 1 aliphatic rings. The molecule has 1 fully saturated rings. The highest BCUT2D eigenvalue weighted by Crippen LogP contribution is 2.32. The Hall–Kier alpha value is -0.550. The van der Waals surface area contributed by atoms with Crippen molar-refractivity contribution < 1.29 is 4.52 Å². The molecule has 2 N–H and O–H groups in total. The highest BCUT2D eigenvalue weighted by atomic mass is 32.2. The van der Waals surface area contributed by atoms with Gasteiger partial charge in [0.25, 0.3) is 0 Å². The van der Waals surface area contributed by atoms with Gasteiger partial charge in [-0.3, -0.25) is 0 Å². The zero-order valence-corrected chi connectivity index (χ0v) is 9.80. The first-order valence-corrected chi connectivity index (χ1v) is 6.62. The van der Waals surface area contributed by atoms with Crippen molar-refractivity contribution in [2.45, 2.75) is 43.9 Å². The molecule has 1 aromatic heterocycles. The van der Waals surface area contributed by atoms with Crippen LogP contribution in [-0.2, 0) is 5.75 Å². The minimum Gasteiger partial charge on any atom is -0.339 e. The Kier molecular flexibility index (Phi) is 3.64. The number of nitrogens with two attached hydrogens (primary N) is 1. The van der Waals surface area contributed by atoms with E-state index in [1.165, 1.54) is 6.42 Å². The van der Waals surface area contributed by atoms with E-state index in [1.807, 2.05) is 0 Å². The molecular weight excluding hydrogens is 210 g/mol. The summed E-state index contributed by atoms with van der Waals surface area (Å²) >= 11 is 1.80. The molecule has 5 heteroatoms. The Balaban J connectivity index is 1.99. The lowest BCUT2D eigenvalue weighted by Crippen LogP contribution is -2.22. The lowest BCUT2D eigenvalue weighted by Gasteiger charge is -2.08. The lowest BCUT2D eigenvalue weighted by molar-refractivity contribution is 0.342. The predicted molar refractivity (Wildman–Crippen MR) is 60.7 cm³/mol. The van der Waals surface area contributed by atoms with Crippen LogP contribution in [0.1, 0.15) is 43.8 Å². The van der Waals surface area contributed by atoms with E-state index in [-0.39, 0.29) is 12.0 Å². The third-order valence-electron chi connectivity index (χ3n) is 2.81. The van der Waals surface area contributed by atoms with Crippen LogP contribution in [-0.4, -0.2) is 21.9 Å². The van der Waals surface area contributed by atoms with Gasteiger partial charge in [0.05, 0.1) is 11.7 Å². The normalized spacial score (nSPS) is 26.0. The smallest absolute Gasteiger partial charge is 0.231 e. The quantitative estimate of drug-likeness (QED) is 0.851. The Morgan fingerprint density at radius 1 is 1.53 bits per heavy atom. The third-order valence-corrected chi connectivity index (χ3v) is 3.68. The fourth-order valence-electron chi connectivity index (χ4n) is 1.97. The lowest BCUT2D eigenvalue weighted by atomic mass is 10.1. The number of hydrogen-bond acceptors (Lipinski definition) is 5. The van der Waals surface area contributed by atoms with Crippen LogP contribution < -0.4 is 5.73 Å². The van der Waals surface area contributed by atoms with Crippen molar-refractivity contribution in [1.82, 2.24) is 10.1 Å². The van der Waals surface area contributed by atoms with E-state index in [9.17, 15) is 0 Å². The van der Waals surface area contributed by atoms with Crippen molar-refractivity contribution in [1.29, 1.82) is 0 Å². The maximum Gasteiger partial charge on any atom is 0.231 e. The summed E-state index contributed by atoms with van der Waals surface area (Å²) in [6, 6.07) is 0.206. The molecular formula is C10H17N3OS. The Labute approximate surface area is 94.0 Å². The number of hydrogen-bond donors (Lipinski definition) is 1. The average Bonchev–Trinajstić information content (AvgIpc) is 2.83. The average molecular weight is 227 g/mol. The summed E-state index contributed by atoms with van der Waals surface area (Å²) in [6.07, 6.45) is 3.34. The molecule has 0 spiro atoms. The summed E-state index contributed by atoms with van der Waals surface area (Å²) in [6.45, 7) is 2.12. The molecule has 0 saturated heterocycles. The van der Waals surface area contributed by atoms with Crippen molar-refractivity contribution in [3.8, 4) is 0 Å². The Bertz CT molecular complexity index is 315. The first-order chi connectivity index (χ1) is 7.31. The molecule has 0 radical (unpaired) electrons. The van der Waals surface area contributed by atoms with E-state index < -0.39 is 0 Å². The minimum absolute atomic E-state index is 0.206. The minimum atomic E-state index is 0.206. The highest BCUT2D eigenvalue weighted by Gasteiger charge is 2.30. The van der Waals surface area contributed by atoms with Crippen LogP contribution in [0.4, 0.5) is 0 Å². The standard InChI is InChI=1S/C10H17N3OS/c1-2-15-6-9-12-10(14-13-9)7-4-3-5-8(7)11/h7-8H,2-6,11H2,1H3. The van der Waals surface area contributed by atoms with Crippen LogP contribution in [0.15, 0.2) is 4.52 Å². The van der Waals surface area contributed by atoms with Gasteiger partial charge in [-0.15, -0.1) is 0 Å². The zero-order chi connectivity index (χ0) is 10.7. The second-order valence-corrected chi connectivity index (χ2v) is 5.16. The van der Waals surface area contributed by atoms with Crippen LogP contribution >= 0.6 is 11.8 Å². The van der Waals surface area contributed by atoms with Crippen LogP contribution in [0.3, 0.4) is 0 Å². The molecule has 0 bridgehead atoms. The second kappa shape index (κ2) is 4.99. The number of thioether (sulfide) groups is 1. The van der Waals surface area contributed by atoms with Gasteiger partial charge in [0.1, 0.15) is 0 Å². The van der Waals surface area contributed by atoms with Crippen LogP contribution in [0, 0.1) is 0 Å². The monoisotopic (exact) mass is 227 g/mol. The molecule has 2 atom stereocenters. The van der Waals surface area contributed by atoms with Crippen molar-refractivity contribution in [2.75, 3.05) is 5.75 Å². The van der Waals surface area contributed by atoms with E-state index in [0.717, 1.165) is 36.1 Å². The van der Waals surface area contributed by atoms with Crippen molar-refractivity contribution >= 4 is 11.8 Å². The van der Waals surface area contributed by atoms with E-state index in [2.05, 4.69) is 17.1 Å². The van der Waals surface area contributed by atoms with Crippen molar-refractivity contribution in [2.24, 2.45) is 5.73 Å². The van der Waals surface area contributed by atoms with E-state index in [4.69, 9.17) is 10.3 Å². The Morgan fingerprint density at radius 2 is 2.40 bits per heavy atom. The molecule has 4 nitrogen and oxygen atoms in total. The van der Waals surface area contributed by atoms with Gasteiger partial charge >= 0.3 is 0 Å². The third kappa shape index (κ3) is 2.52. The molecule has 1 saturated carbocycles. The topological polar surface area (TPSA) is 64.9 Å². The highest BCUT2D eigenvalue weighted by molar-refractivity contribution is 7.98. The fourth-order valence-corrected chi connectivity index (χ4v) is 2.47. The van der Waals surface area contributed by atoms with Crippen molar-refractivity contribution in [3.63, 3.8) is 0 Å². The second-order valence-electron chi connectivity index (χ2n) is 3.89. The predicted octanol–water partition coefficient (Wildman–Crippen LogP) is 1.92. The van der Waals surface area contributed by atoms with Gasteiger partial charge in [-0.1, -0.05) is 18.5 Å². The molecule has 84 valence electrons. The molecule has 0 aromatic carbocycles. The molecule has 1 aromatic rings. The van der Waals surface area contributed by atoms with Gasteiger partial charge < -0.3 is 10.3 Å². The molecule has 15 heavy (non-hydrogen) atoms. The van der Waals surface area contributed by atoms with Crippen LogP contribution in [0.2, 0.25) is 0 Å². The van der Waals surface area contributed by atoms with Crippen LogP contribution in [0.5, 0.6) is 0 Å². The summed E-state index contributed by atoms with van der Waals surface area (Å²) in [7, 11) is 0. The largest absolute Gasteiger partial charge is 0.339 e. The van der Waals surface area contributed by atoms with Gasteiger partial charge in [0.15, 0.2) is 5.82 Å². The summed E-state index contributed by atoms with van der Waals surface area (Å²) in [5.74, 6) is 3.75. The molecule has 0 aliphatic heterocycles. The summed E-state index contributed by atoms with van der Waals surface area (Å²) < 4.78 is 5.26. The molecule has 1 aliphatic carbocycles. The first-order valence-electron chi connectivity index (χ1n) is 5.47. The molecule has 1 heterocycles. The van der Waals surface area contributed by atoms with Gasteiger partial charge in [0, 0.05) is 6.04 Å². The van der Waals surface area contributed by atoms with Gasteiger partial charge in [0.2, 0.25) is 5.89 Å². The van der Waals surface area contributed by atoms with E-state index in [0.29, 0.717) is 0 Å². The maximum absolute atomic E-state index is 5.99. The SMILES string of the molecule is CCSCc1noc(C2CCCC2N)n1. The molecule has 0 amide bonds. The Morgan fingerprint density at radius 3 is 3.07 bits per heavy atom. The van der Waals surface area contributed by atoms with Crippen molar-refractivity contribution in [3.05, 3.63) is 11.7 Å². The van der Waals surface area contributed by atoms with Gasteiger partial charge in [-0.25, -0.2) is 0 Å². The first kappa shape index (κ1) is 11.0. The summed E-state index contributed by atoms with van der Waals surface area (Å²) in [4.78, 5) is 4.40.